The molecule has 1 aromatic heterocycles. The maximum Gasteiger partial charge on any atom is 0.278 e. The van der Waals surface area contributed by atoms with Crippen LogP contribution in [0.25, 0.3) is 0 Å². The molecule has 6 rings (SSSR count). The van der Waals surface area contributed by atoms with Crippen LogP contribution in [0.5, 0.6) is 23.0 Å². The Morgan fingerprint density at radius 2 is 1.94 bits per heavy atom. The number of amides is 1. The number of phenols is 2. The molecule has 3 aromatic rings. The number of hydrogen-bond acceptors (Lipinski definition) is 9. The molecular formula is C23H22N4O7. The third-order valence-electron chi connectivity index (χ3n) is 6.49. The zero-order chi connectivity index (χ0) is 23.8. The average molecular weight is 466 g/mol. The zero-order valence-electron chi connectivity index (χ0n) is 18.0. The molecule has 3 N–H and O–H groups in total. The molecule has 1 atom stereocenters. The molecule has 3 fully saturated rings. The quantitative estimate of drug-likeness (QED) is 0.213. The minimum Gasteiger partial charge on any atom is -0.507 e. The Labute approximate surface area is 193 Å². The van der Waals surface area contributed by atoms with Crippen LogP contribution >= 0.6 is 0 Å². The largest absolute Gasteiger partial charge is 0.507 e. The van der Waals surface area contributed by atoms with Gasteiger partial charge in [-0.25, -0.2) is 0 Å². The molecule has 11 heteroatoms. The van der Waals surface area contributed by atoms with Crippen LogP contribution in [0.2, 0.25) is 0 Å². The van der Waals surface area contributed by atoms with E-state index in [9.17, 15) is 25.1 Å². The molecule has 2 bridgehead atoms. The molecule has 3 aliphatic heterocycles. The Hall–Kier alpha value is -4.12. The van der Waals surface area contributed by atoms with E-state index in [0.717, 1.165) is 25.9 Å². The highest BCUT2D eigenvalue weighted by Crippen LogP contribution is 2.51. The number of nitro benzene ring substituents is 1. The Morgan fingerprint density at radius 1 is 1.21 bits per heavy atom. The van der Waals surface area contributed by atoms with Crippen LogP contribution in [-0.4, -0.2) is 50.7 Å². The molecule has 0 aliphatic carbocycles. The van der Waals surface area contributed by atoms with E-state index in [2.05, 4.69) is 15.4 Å². The van der Waals surface area contributed by atoms with Gasteiger partial charge in [-0.15, -0.1) is 0 Å². The summed E-state index contributed by atoms with van der Waals surface area (Å²) in [5, 5.41) is 39.3. The minimum absolute atomic E-state index is 0.00172. The number of carbonyl (C=O) groups is 1. The molecule has 3 saturated heterocycles. The highest BCUT2D eigenvalue weighted by atomic mass is 16.6. The van der Waals surface area contributed by atoms with Crippen molar-refractivity contribution in [1.29, 1.82) is 0 Å². The fourth-order valence-electron chi connectivity index (χ4n) is 4.78. The van der Waals surface area contributed by atoms with Crippen LogP contribution in [0.4, 0.5) is 11.4 Å². The molecule has 3 aliphatic rings. The molecule has 34 heavy (non-hydrogen) atoms. The van der Waals surface area contributed by atoms with Gasteiger partial charge in [0.1, 0.15) is 29.2 Å². The van der Waals surface area contributed by atoms with Gasteiger partial charge < -0.3 is 29.7 Å². The van der Waals surface area contributed by atoms with Crippen LogP contribution in [0.1, 0.15) is 34.8 Å². The van der Waals surface area contributed by atoms with Crippen molar-refractivity contribution in [1.82, 2.24) is 10.1 Å². The second-order valence-electron chi connectivity index (χ2n) is 8.47. The van der Waals surface area contributed by atoms with Gasteiger partial charge in [0.15, 0.2) is 11.4 Å². The Balaban J connectivity index is 1.54. The normalized spacial score (nSPS) is 21.2. The van der Waals surface area contributed by atoms with Gasteiger partial charge in [-0.2, -0.15) is 0 Å². The highest BCUT2D eigenvalue weighted by Gasteiger charge is 2.39. The lowest BCUT2D eigenvalue weighted by molar-refractivity contribution is -0.384. The molecule has 0 spiro atoms. The van der Waals surface area contributed by atoms with Crippen LogP contribution in [-0.2, 0) is 0 Å². The predicted octanol–water partition coefficient (Wildman–Crippen LogP) is 3.85. The van der Waals surface area contributed by atoms with Crippen molar-refractivity contribution in [2.45, 2.75) is 18.8 Å². The number of fused-ring (bicyclic) bond motifs is 3. The Bertz CT molecular complexity index is 1220. The van der Waals surface area contributed by atoms with Gasteiger partial charge in [-0.1, -0.05) is 5.16 Å². The van der Waals surface area contributed by atoms with Crippen LogP contribution in [0.15, 0.2) is 47.2 Å². The van der Waals surface area contributed by atoms with Crippen LogP contribution in [0.3, 0.4) is 0 Å². The van der Waals surface area contributed by atoms with E-state index in [0.29, 0.717) is 18.0 Å². The van der Waals surface area contributed by atoms with Crippen LogP contribution in [0, 0.1) is 16.0 Å². The summed E-state index contributed by atoms with van der Waals surface area (Å²) in [5.41, 5.74) is 0.213. The van der Waals surface area contributed by atoms with Gasteiger partial charge in [0.2, 0.25) is 0 Å². The predicted molar refractivity (Wildman–Crippen MR) is 119 cm³/mol. The lowest BCUT2D eigenvalue weighted by Crippen LogP contribution is -2.46. The fourth-order valence-corrected chi connectivity index (χ4v) is 4.78. The van der Waals surface area contributed by atoms with Gasteiger partial charge in [-0.05, 0) is 44.0 Å². The lowest BCUT2D eigenvalue weighted by atomic mass is 9.75. The number of non-ortho nitro benzene ring substituents is 1. The topological polar surface area (TPSA) is 151 Å². The number of hydrogen-bond donors (Lipinski definition) is 3. The number of phenolic OH excluding ortho intramolecular Hbond substituents is 2. The SMILES string of the molecule is O=C(Nc1c(Oc2ccc([N+](=O)[O-])cc2)cc(O)c(C2CN3CCC2CC3)c1O)c1ccon1. The molecule has 0 radical (unpaired) electrons. The average Bonchev–Trinajstić information content (AvgIpc) is 3.38. The standard InChI is InChI=1S/C23H22N4O7/c28-18-11-19(34-15-3-1-14(2-4-15)27(31)32)21(24-23(30)17-7-10-33-25-17)22(29)20(18)16-12-26-8-5-13(16)6-9-26/h1-4,7,10-11,13,16,28-29H,5-6,8-9,12H2,(H,24,30). The first-order chi connectivity index (χ1) is 16.4. The van der Waals surface area contributed by atoms with Gasteiger partial charge >= 0.3 is 0 Å². The number of nitrogens with one attached hydrogen (secondary N) is 1. The summed E-state index contributed by atoms with van der Waals surface area (Å²) in [6, 6.07) is 8.02. The fraction of sp³-hybridized carbons (Fsp3) is 0.304. The molecule has 4 heterocycles. The maximum atomic E-state index is 12.7. The molecule has 1 amide bonds. The van der Waals surface area contributed by atoms with E-state index in [-0.39, 0.29) is 46.0 Å². The number of carbonyl (C=O) groups excluding carboxylic acids is 1. The van der Waals surface area contributed by atoms with E-state index in [1.165, 1.54) is 42.7 Å². The van der Waals surface area contributed by atoms with Crippen molar-refractivity contribution in [3.8, 4) is 23.0 Å². The zero-order valence-corrected chi connectivity index (χ0v) is 18.0. The third-order valence-corrected chi connectivity index (χ3v) is 6.49. The van der Waals surface area contributed by atoms with Crippen molar-refractivity contribution in [3.63, 3.8) is 0 Å². The van der Waals surface area contributed by atoms with Gasteiger partial charge in [0, 0.05) is 42.3 Å². The molecule has 11 nitrogen and oxygen atoms in total. The number of rotatable bonds is 6. The number of nitrogens with zero attached hydrogens (tertiary/aromatic N) is 3. The number of nitro groups is 1. The minimum atomic E-state index is -0.636. The molecular weight excluding hydrogens is 444 g/mol. The number of aromatic hydroxyl groups is 2. The summed E-state index contributed by atoms with van der Waals surface area (Å²) in [6.07, 6.45) is 3.18. The second-order valence-corrected chi connectivity index (χ2v) is 8.47. The summed E-state index contributed by atoms with van der Waals surface area (Å²) in [5.74, 6) is -0.660. The first kappa shape index (κ1) is 21.7. The smallest absolute Gasteiger partial charge is 0.278 e. The third kappa shape index (κ3) is 4.01. The highest BCUT2D eigenvalue weighted by molar-refractivity contribution is 6.05. The molecule has 176 valence electrons. The number of aromatic nitrogens is 1. The lowest BCUT2D eigenvalue weighted by Gasteiger charge is -2.45. The summed E-state index contributed by atoms with van der Waals surface area (Å²) < 4.78 is 10.5. The van der Waals surface area contributed by atoms with E-state index in [4.69, 9.17) is 9.26 Å². The molecule has 1 unspecified atom stereocenters. The van der Waals surface area contributed by atoms with Crippen molar-refractivity contribution in [3.05, 3.63) is 64.0 Å². The summed E-state index contributed by atoms with van der Waals surface area (Å²) in [6.45, 7) is 2.67. The van der Waals surface area contributed by atoms with E-state index in [1.54, 1.807) is 0 Å². The van der Waals surface area contributed by atoms with E-state index < -0.39 is 10.8 Å². The first-order valence-electron chi connectivity index (χ1n) is 10.9. The molecule has 0 saturated carbocycles. The van der Waals surface area contributed by atoms with E-state index >= 15 is 0 Å². The summed E-state index contributed by atoms with van der Waals surface area (Å²) >= 11 is 0. The van der Waals surface area contributed by atoms with Gasteiger partial charge in [0.05, 0.1) is 4.92 Å². The summed E-state index contributed by atoms with van der Waals surface area (Å²) in [7, 11) is 0. The number of benzene rings is 2. The summed E-state index contributed by atoms with van der Waals surface area (Å²) in [4.78, 5) is 25.4. The van der Waals surface area contributed by atoms with Crippen molar-refractivity contribution in [2.75, 3.05) is 25.0 Å². The van der Waals surface area contributed by atoms with Crippen LogP contribution < -0.4 is 10.1 Å². The number of ether oxygens (including phenoxy) is 1. The number of anilines is 1. The second kappa shape index (κ2) is 8.67. The van der Waals surface area contributed by atoms with Gasteiger partial charge in [-0.3, -0.25) is 14.9 Å². The Morgan fingerprint density at radius 3 is 2.53 bits per heavy atom. The number of piperidine rings is 3. The molecule has 2 aromatic carbocycles. The van der Waals surface area contributed by atoms with Crippen molar-refractivity contribution < 1.29 is 29.2 Å². The Kier molecular flexibility index (Phi) is 5.54. The van der Waals surface area contributed by atoms with E-state index in [1.807, 2.05) is 0 Å². The maximum absolute atomic E-state index is 12.7. The monoisotopic (exact) mass is 466 g/mol. The first-order valence-corrected chi connectivity index (χ1v) is 10.9. The van der Waals surface area contributed by atoms with Gasteiger partial charge in [0.25, 0.3) is 11.6 Å². The van der Waals surface area contributed by atoms with Crippen molar-refractivity contribution in [2.24, 2.45) is 5.92 Å². The van der Waals surface area contributed by atoms with Crippen molar-refractivity contribution >= 4 is 17.3 Å².